The van der Waals surface area contributed by atoms with Gasteiger partial charge in [-0.1, -0.05) is 12.1 Å². The SMILES string of the molecule is Cc1ccc(C2CCON2)cc1F. The van der Waals surface area contributed by atoms with Crippen molar-refractivity contribution >= 4 is 0 Å². The van der Waals surface area contributed by atoms with Crippen molar-refractivity contribution in [2.45, 2.75) is 19.4 Å². The van der Waals surface area contributed by atoms with Gasteiger partial charge in [-0.05, 0) is 30.5 Å². The van der Waals surface area contributed by atoms with Crippen LogP contribution in [0, 0.1) is 12.7 Å². The van der Waals surface area contributed by atoms with Crippen LogP contribution in [0.4, 0.5) is 4.39 Å². The van der Waals surface area contributed by atoms with E-state index in [1.807, 2.05) is 6.07 Å². The molecule has 13 heavy (non-hydrogen) atoms. The topological polar surface area (TPSA) is 21.3 Å². The predicted octanol–water partition coefficient (Wildman–Crippen LogP) is 2.10. The maximum absolute atomic E-state index is 13.2. The fourth-order valence-electron chi connectivity index (χ4n) is 1.46. The van der Waals surface area contributed by atoms with Gasteiger partial charge in [0.05, 0.1) is 12.6 Å². The molecule has 0 saturated carbocycles. The number of hydrogen-bond acceptors (Lipinski definition) is 2. The van der Waals surface area contributed by atoms with Gasteiger partial charge in [-0.15, -0.1) is 0 Å². The van der Waals surface area contributed by atoms with Crippen molar-refractivity contribution in [2.75, 3.05) is 6.61 Å². The molecule has 1 saturated heterocycles. The van der Waals surface area contributed by atoms with Gasteiger partial charge in [-0.25, -0.2) is 4.39 Å². The molecule has 2 nitrogen and oxygen atoms in total. The van der Waals surface area contributed by atoms with E-state index in [1.165, 1.54) is 0 Å². The van der Waals surface area contributed by atoms with Gasteiger partial charge in [0.1, 0.15) is 5.82 Å². The van der Waals surface area contributed by atoms with Crippen molar-refractivity contribution in [3.05, 3.63) is 35.1 Å². The van der Waals surface area contributed by atoms with E-state index in [9.17, 15) is 4.39 Å². The van der Waals surface area contributed by atoms with Crippen LogP contribution in [0.2, 0.25) is 0 Å². The first-order chi connectivity index (χ1) is 6.27. The molecule has 1 fully saturated rings. The van der Waals surface area contributed by atoms with E-state index in [-0.39, 0.29) is 11.9 Å². The van der Waals surface area contributed by atoms with E-state index in [2.05, 4.69) is 5.48 Å². The number of hydrogen-bond donors (Lipinski definition) is 1. The second-order valence-corrected chi connectivity index (χ2v) is 3.32. The zero-order valence-corrected chi connectivity index (χ0v) is 7.51. The lowest BCUT2D eigenvalue weighted by molar-refractivity contribution is 0.0882. The molecule has 0 aromatic heterocycles. The number of halogens is 1. The van der Waals surface area contributed by atoms with Crippen LogP contribution in [0.5, 0.6) is 0 Å². The maximum Gasteiger partial charge on any atom is 0.126 e. The predicted molar refractivity (Wildman–Crippen MR) is 47.6 cm³/mol. The lowest BCUT2D eigenvalue weighted by Crippen LogP contribution is -2.11. The van der Waals surface area contributed by atoms with Gasteiger partial charge in [0.25, 0.3) is 0 Å². The van der Waals surface area contributed by atoms with Crippen LogP contribution in [0.1, 0.15) is 23.6 Å². The molecule has 1 aromatic carbocycles. The standard InChI is InChI=1S/C10H12FNO/c1-7-2-3-8(6-9(7)11)10-4-5-13-12-10/h2-3,6,10,12H,4-5H2,1H3. The number of benzene rings is 1. The Morgan fingerprint density at radius 1 is 1.54 bits per heavy atom. The minimum atomic E-state index is -0.147. The lowest BCUT2D eigenvalue weighted by Gasteiger charge is -2.09. The average molecular weight is 181 g/mol. The monoisotopic (exact) mass is 181 g/mol. The van der Waals surface area contributed by atoms with E-state index < -0.39 is 0 Å². The van der Waals surface area contributed by atoms with Gasteiger partial charge in [0.2, 0.25) is 0 Å². The molecule has 1 atom stereocenters. The fraction of sp³-hybridized carbons (Fsp3) is 0.400. The molecule has 0 amide bonds. The summed E-state index contributed by atoms with van der Waals surface area (Å²) in [6.07, 6.45) is 0.905. The molecule has 0 radical (unpaired) electrons. The molecular formula is C10H12FNO. The smallest absolute Gasteiger partial charge is 0.126 e. The zero-order chi connectivity index (χ0) is 9.26. The van der Waals surface area contributed by atoms with Gasteiger partial charge in [-0.2, -0.15) is 5.48 Å². The Labute approximate surface area is 76.7 Å². The third-order valence-corrected chi connectivity index (χ3v) is 2.33. The molecule has 2 rings (SSSR count). The number of hydroxylamine groups is 1. The molecule has 70 valence electrons. The van der Waals surface area contributed by atoms with Gasteiger partial charge in [0.15, 0.2) is 0 Å². The number of nitrogens with one attached hydrogen (secondary N) is 1. The third kappa shape index (κ3) is 1.71. The Bertz CT molecular complexity index is 308. The molecule has 1 aromatic rings. The summed E-state index contributed by atoms with van der Waals surface area (Å²) in [5.74, 6) is -0.147. The summed E-state index contributed by atoms with van der Waals surface area (Å²) < 4.78 is 13.2. The Morgan fingerprint density at radius 3 is 3.00 bits per heavy atom. The van der Waals surface area contributed by atoms with Crippen LogP contribution in [0.15, 0.2) is 18.2 Å². The van der Waals surface area contributed by atoms with Crippen LogP contribution in [0.3, 0.4) is 0 Å². The normalized spacial score (nSPS) is 22.2. The van der Waals surface area contributed by atoms with E-state index in [0.29, 0.717) is 12.2 Å². The molecule has 0 bridgehead atoms. The summed E-state index contributed by atoms with van der Waals surface area (Å²) in [6.45, 7) is 2.46. The molecule has 1 unspecified atom stereocenters. The Kier molecular flexibility index (Phi) is 2.29. The quantitative estimate of drug-likeness (QED) is 0.716. The van der Waals surface area contributed by atoms with E-state index >= 15 is 0 Å². The van der Waals surface area contributed by atoms with Crippen LogP contribution in [0.25, 0.3) is 0 Å². The first-order valence-electron chi connectivity index (χ1n) is 4.41. The molecule has 1 N–H and O–H groups in total. The summed E-state index contributed by atoms with van der Waals surface area (Å²) in [5, 5.41) is 0. The Balaban J connectivity index is 2.25. The molecule has 3 heteroatoms. The fourth-order valence-corrected chi connectivity index (χ4v) is 1.46. The second-order valence-electron chi connectivity index (χ2n) is 3.32. The summed E-state index contributed by atoms with van der Waals surface area (Å²) in [4.78, 5) is 5.01. The van der Waals surface area contributed by atoms with Gasteiger partial charge in [-0.3, -0.25) is 0 Å². The van der Waals surface area contributed by atoms with E-state index in [0.717, 1.165) is 12.0 Å². The first kappa shape index (κ1) is 8.66. The molecule has 1 heterocycles. The van der Waals surface area contributed by atoms with Crippen LogP contribution >= 0.6 is 0 Å². The minimum absolute atomic E-state index is 0.147. The largest absolute Gasteiger partial charge is 0.301 e. The third-order valence-electron chi connectivity index (χ3n) is 2.33. The average Bonchev–Trinajstić information content (AvgIpc) is 2.62. The highest BCUT2D eigenvalue weighted by atomic mass is 19.1. The van der Waals surface area contributed by atoms with Crippen molar-refractivity contribution in [1.29, 1.82) is 0 Å². The molecule has 0 aliphatic carbocycles. The first-order valence-corrected chi connectivity index (χ1v) is 4.41. The van der Waals surface area contributed by atoms with Crippen molar-refractivity contribution in [3.8, 4) is 0 Å². The van der Waals surface area contributed by atoms with Crippen molar-refractivity contribution in [2.24, 2.45) is 0 Å². The minimum Gasteiger partial charge on any atom is -0.301 e. The summed E-state index contributed by atoms with van der Waals surface area (Å²) >= 11 is 0. The Morgan fingerprint density at radius 2 is 2.38 bits per heavy atom. The van der Waals surface area contributed by atoms with Gasteiger partial charge < -0.3 is 4.84 Å². The number of rotatable bonds is 1. The highest BCUT2D eigenvalue weighted by Crippen LogP contribution is 2.22. The highest BCUT2D eigenvalue weighted by Gasteiger charge is 2.17. The zero-order valence-electron chi connectivity index (χ0n) is 7.51. The highest BCUT2D eigenvalue weighted by molar-refractivity contribution is 5.25. The van der Waals surface area contributed by atoms with Crippen LogP contribution < -0.4 is 5.48 Å². The molecule has 1 aliphatic heterocycles. The van der Waals surface area contributed by atoms with Crippen molar-refractivity contribution < 1.29 is 9.23 Å². The van der Waals surface area contributed by atoms with E-state index in [1.54, 1.807) is 19.1 Å². The van der Waals surface area contributed by atoms with Crippen molar-refractivity contribution in [3.63, 3.8) is 0 Å². The van der Waals surface area contributed by atoms with Crippen molar-refractivity contribution in [1.82, 2.24) is 5.48 Å². The summed E-state index contributed by atoms with van der Waals surface area (Å²) in [6, 6.07) is 5.45. The van der Waals surface area contributed by atoms with Crippen LogP contribution in [-0.2, 0) is 4.84 Å². The molecule has 0 spiro atoms. The molecule has 1 aliphatic rings. The van der Waals surface area contributed by atoms with Crippen LogP contribution in [-0.4, -0.2) is 6.61 Å². The molecular weight excluding hydrogens is 169 g/mol. The summed E-state index contributed by atoms with van der Waals surface area (Å²) in [5.41, 5.74) is 4.49. The Hall–Kier alpha value is -0.930. The second kappa shape index (κ2) is 3.44. The van der Waals surface area contributed by atoms with Gasteiger partial charge >= 0.3 is 0 Å². The van der Waals surface area contributed by atoms with E-state index in [4.69, 9.17) is 4.84 Å². The summed E-state index contributed by atoms with van der Waals surface area (Å²) in [7, 11) is 0. The maximum atomic E-state index is 13.2. The number of aryl methyl sites for hydroxylation is 1. The lowest BCUT2D eigenvalue weighted by atomic mass is 10.0. The van der Waals surface area contributed by atoms with Gasteiger partial charge in [0, 0.05) is 0 Å².